The van der Waals surface area contributed by atoms with E-state index in [1.165, 1.54) is 11.8 Å². The predicted molar refractivity (Wildman–Crippen MR) is 84.4 cm³/mol. The molecule has 1 heterocycles. The van der Waals surface area contributed by atoms with Crippen LogP contribution in [0.3, 0.4) is 0 Å². The van der Waals surface area contributed by atoms with Crippen molar-refractivity contribution < 1.29 is 18.3 Å². The minimum Gasteiger partial charge on any atom is -0.495 e. The third kappa shape index (κ3) is 2.51. The zero-order chi connectivity index (χ0) is 15.7. The summed E-state index contributed by atoms with van der Waals surface area (Å²) in [5.74, 6) is 0.156. The number of halogens is 2. The molecule has 2 nitrogen and oxygen atoms in total. The highest BCUT2D eigenvalue weighted by Gasteiger charge is 2.40. The number of benzene rings is 1. The molecule has 0 bridgehead atoms. The Morgan fingerprint density at radius 1 is 1.18 bits per heavy atom. The van der Waals surface area contributed by atoms with Gasteiger partial charge in [-0.25, -0.2) is 8.78 Å². The molecular weight excluding hydrogens is 306 g/mol. The SMILES string of the molecule is CCCOC1=CC=C2c3ccc(OCC)c(F)c3SC2C1F. The molecular formula is C17H18F2O2S. The van der Waals surface area contributed by atoms with Crippen LogP contribution < -0.4 is 4.74 Å². The van der Waals surface area contributed by atoms with Gasteiger partial charge in [0, 0.05) is 0 Å². The van der Waals surface area contributed by atoms with Gasteiger partial charge in [0.15, 0.2) is 17.7 Å². The Hall–Kier alpha value is -1.49. The van der Waals surface area contributed by atoms with E-state index in [9.17, 15) is 8.78 Å². The van der Waals surface area contributed by atoms with E-state index >= 15 is 0 Å². The molecule has 22 heavy (non-hydrogen) atoms. The van der Waals surface area contributed by atoms with E-state index in [4.69, 9.17) is 9.47 Å². The van der Waals surface area contributed by atoms with Crippen molar-refractivity contribution in [2.45, 2.75) is 36.6 Å². The van der Waals surface area contributed by atoms with Gasteiger partial charge < -0.3 is 9.47 Å². The van der Waals surface area contributed by atoms with Crippen molar-refractivity contribution in [2.75, 3.05) is 13.2 Å². The van der Waals surface area contributed by atoms with Crippen LogP contribution in [0.4, 0.5) is 8.78 Å². The van der Waals surface area contributed by atoms with Crippen molar-refractivity contribution >= 4 is 17.3 Å². The smallest absolute Gasteiger partial charge is 0.179 e. The topological polar surface area (TPSA) is 18.5 Å². The van der Waals surface area contributed by atoms with Crippen molar-refractivity contribution in [3.63, 3.8) is 0 Å². The number of rotatable bonds is 5. The van der Waals surface area contributed by atoms with Crippen LogP contribution in [-0.2, 0) is 4.74 Å². The lowest BCUT2D eigenvalue weighted by atomic mass is 9.95. The van der Waals surface area contributed by atoms with Gasteiger partial charge in [0.1, 0.15) is 5.76 Å². The summed E-state index contributed by atoms with van der Waals surface area (Å²) in [4.78, 5) is 0.468. The first-order valence-corrected chi connectivity index (χ1v) is 8.36. The highest BCUT2D eigenvalue weighted by Crippen LogP contribution is 2.52. The lowest BCUT2D eigenvalue weighted by Crippen LogP contribution is -2.24. The van der Waals surface area contributed by atoms with Crippen LogP contribution in [0.25, 0.3) is 5.57 Å². The van der Waals surface area contributed by atoms with Crippen molar-refractivity contribution in [3.05, 3.63) is 41.4 Å². The molecule has 1 aromatic carbocycles. The summed E-state index contributed by atoms with van der Waals surface area (Å²) in [5, 5.41) is -0.446. The van der Waals surface area contributed by atoms with Gasteiger partial charge in [-0.3, -0.25) is 0 Å². The number of ether oxygens (including phenoxy) is 2. The molecule has 0 amide bonds. The number of hydrogen-bond acceptors (Lipinski definition) is 3. The van der Waals surface area contributed by atoms with E-state index in [-0.39, 0.29) is 5.75 Å². The molecule has 118 valence electrons. The van der Waals surface area contributed by atoms with E-state index in [2.05, 4.69) is 0 Å². The number of fused-ring (bicyclic) bond motifs is 3. The highest BCUT2D eigenvalue weighted by molar-refractivity contribution is 8.01. The molecule has 0 fully saturated rings. The largest absolute Gasteiger partial charge is 0.495 e. The maximum atomic E-state index is 14.7. The number of allylic oxidation sites excluding steroid dienone is 3. The number of hydrogen-bond donors (Lipinski definition) is 0. The third-order valence-corrected chi connectivity index (χ3v) is 5.04. The fraction of sp³-hybridized carbons (Fsp3) is 0.412. The highest BCUT2D eigenvalue weighted by atomic mass is 32.2. The Labute approximate surface area is 133 Å². The zero-order valence-electron chi connectivity index (χ0n) is 12.6. The minimum atomic E-state index is -1.25. The van der Waals surface area contributed by atoms with E-state index in [1.54, 1.807) is 25.1 Å². The Morgan fingerprint density at radius 2 is 2.00 bits per heavy atom. The quantitative estimate of drug-likeness (QED) is 0.779. The van der Waals surface area contributed by atoms with Gasteiger partial charge in [0.2, 0.25) is 0 Å². The summed E-state index contributed by atoms with van der Waals surface area (Å²) in [6.07, 6.45) is 3.07. The molecule has 0 aromatic heterocycles. The second-order valence-corrected chi connectivity index (χ2v) is 6.32. The summed E-state index contributed by atoms with van der Waals surface area (Å²) in [6, 6.07) is 3.42. The molecule has 1 aliphatic heterocycles. The third-order valence-electron chi connectivity index (χ3n) is 3.66. The first-order chi connectivity index (χ1) is 10.7. The summed E-state index contributed by atoms with van der Waals surface area (Å²) < 4.78 is 39.9. The lowest BCUT2D eigenvalue weighted by molar-refractivity contribution is 0.157. The van der Waals surface area contributed by atoms with Gasteiger partial charge in [-0.2, -0.15) is 0 Å². The monoisotopic (exact) mass is 324 g/mol. The fourth-order valence-electron chi connectivity index (χ4n) is 2.65. The summed E-state index contributed by atoms with van der Waals surface area (Å²) in [6.45, 7) is 4.67. The second kappa shape index (κ2) is 6.32. The van der Waals surface area contributed by atoms with Gasteiger partial charge in [0.05, 0.1) is 23.4 Å². The Kier molecular flexibility index (Phi) is 4.43. The molecule has 1 aromatic rings. The average Bonchev–Trinajstić information content (AvgIpc) is 2.90. The van der Waals surface area contributed by atoms with Gasteiger partial charge >= 0.3 is 0 Å². The Balaban J connectivity index is 1.93. The van der Waals surface area contributed by atoms with E-state index in [1.807, 2.05) is 13.0 Å². The molecule has 3 rings (SSSR count). The van der Waals surface area contributed by atoms with Crippen molar-refractivity contribution in [2.24, 2.45) is 0 Å². The van der Waals surface area contributed by atoms with Crippen LogP contribution in [0.1, 0.15) is 25.8 Å². The van der Waals surface area contributed by atoms with Crippen LogP contribution in [0, 0.1) is 5.82 Å². The van der Waals surface area contributed by atoms with Crippen molar-refractivity contribution in [1.29, 1.82) is 0 Å². The summed E-state index contributed by atoms with van der Waals surface area (Å²) >= 11 is 1.21. The molecule has 2 atom stereocenters. The van der Waals surface area contributed by atoms with Crippen LogP contribution >= 0.6 is 11.8 Å². The Morgan fingerprint density at radius 3 is 2.73 bits per heavy atom. The molecule has 0 saturated carbocycles. The fourth-order valence-corrected chi connectivity index (χ4v) is 4.01. The molecule has 0 radical (unpaired) electrons. The van der Waals surface area contributed by atoms with Gasteiger partial charge in [-0.15, -0.1) is 11.8 Å². The van der Waals surface area contributed by atoms with Crippen LogP contribution in [0.5, 0.6) is 5.75 Å². The predicted octanol–water partition coefficient (Wildman–Crippen LogP) is 4.74. The van der Waals surface area contributed by atoms with Crippen molar-refractivity contribution in [3.8, 4) is 5.75 Å². The first kappa shape index (κ1) is 15.4. The average molecular weight is 324 g/mol. The number of alkyl halides is 1. The molecule has 2 unspecified atom stereocenters. The van der Waals surface area contributed by atoms with E-state index in [0.717, 1.165) is 17.6 Å². The van der Waals surface area contributed by atoms with Gasteiger partial charge in [-0.05, 0) is 42.7 Å². The standard InChI is InChI=1S/C17H18F2O2S/c1-3-9-21-13-8-6-11-10-5-7-12(20-4-2)14(18)16(10)22-17(11)15(13)19/h5-8,15,17H,3-4,9H2,1-2H3. The number of thioether (sulfide) groups is 1. The molecule has 0 saturated heterocycles. The van der Waals surface area contributed by atoms with Crippen LogP contribution in [0.15, 0.2) is 34.9 Å². The van der Waals surface area contributed by atoms with Gasteiger partial charge in [-0.1, -0.05) is 13.0 Å². The molecule has 0 spiro atoms. The van der Waals surface area contributed by atoms with E-state index in [0.29, 0.717) is 23.9 Å². The van der Waals surface area contributed by atoms with Gasteiger partial charge in [0.25, 0.3) is 0 Å². The summed E-state index contributed by atoms with van der Waals surface area (Å²) in [5.41, 5.74) is 1.57. The summed E-state index contributed by atoms with van der Waals surface area (Å²) in [7, 11) is 0. The molecule has 1 aliphatic carbocycles. The van der Waals surface area contributed by atoms with Crippen LogP contribution in [-0.4, -0.2) is 24.6 Å². The minimum absolute atomic E-state index is 0.221. The lowest BCUT2D eigenvalue weighted by Gasteiger charge is -2.23. The molecule has 0 N–H and O–H groups in total. The maximum Gasteiger partial charge on any atom is 0.179 e. The van der Waals surface area contributed by atoms with E-state index < -0.39 is 17.2 Å². The second-order valence-electron chi connectivity index (χ2n) is 5.17. The van der Waals surface area contributed by atoms with Crippen LogP contribution in [0.2, 0.25) is 0 Å². The zero-order valence-corrected chi connectivity index (χ0v) is 13.4. The normalized spacial score (nSPS) is 22.5. The first-order valence-electron chi connectivity index (χ1n) is 7.48. The Bertz CT molecular complexity index is 640. The maximum absolute atomic E-state index is 14.7. The van der Waals surface area contributed by atoms with Crippen molar-refractivity contribution in [1.82, 2.24) is 0 Å². The molecule has 2 aliphatic rings. The molecule has 5 heteroatoms.